The summed E-state index contributed by atoms with van der Waals surface area (Å²) in [6.45, 7) is 3.86. The summed E-state index contributed by atoms with van der Waals surface area (Å²) in [6.07, 6.45) is 1.83. The molecule has 4 nitrogen and oxygen atoms in total. The van der Waals surface area contributed by atoms with Crippen molar-refractivity contribution >= 4 is 35.2 Å². The SMILES string of the molecule is Cc1ccc(C)c(NC(=O)[C@@H](OC(=O)/C=C/c2ccc(Cl)cc2)c2ccccc2)c1. The standard InChI is InChI=1S/C25H22ClNO3/c1-17-8-9-18(2)22(16-17)27-25(29)24(20-6-4-3-5-7-20)30-23(28)15-12-19-10-13-21(26)14-11-19/h3-16,24H,1-2H3,(H,27,29)/b15-12+/t24-/m0/s1. The summed E-state index contributed by atoms with van der Waals surface area (Å²) in [4.78, 5) is 25.4. The van der Waals surface area contributed by atoms with E-state index < -0.39 is 18.0 Å². The van der Waals surface area contributed by atoms with Gasteiger partial charge in [0.2, 0.25) is 6.10 Å². The Kier molecular flexibility index (Phi) is 7.04. The highest BCUT2D eigenvalue weighted by molar-refractivity contribution is 6.30. The second-order valence-electron chi connectivity index (χ2n) is 6.92. The third kappa shape index (κ3) is 5.82. The first kappa shape index (κ1) is 21.3. The first-order chi connectivity index (χ1) is 14.4. The minimum absolute atomic E-state index is 0.414. The maximum atomic E-state index is 13.0. The Balaban J connectivity index is 1.78. The lowest BCUT2D eigenvalue weighted by molar-refractivity contribution is -0.149. The molecule has 0 aliphatic carbocycles. The third-order valence-corrected chi connectivity index (χ3v) is 4.76. The summed E-state index contributed by atoms with van der Waals surface area (Å²) in [5.41, 5.74) is 4.03. The highest BCUT2D eigenvalue weighted by atomic mass is 35.5. The number of hydrogen-bond acceptors (Lipinski definition) is 3. The van der Waals surface area contributed by atoms with Crippen molar-refractivity contribution < 1.29 is 14.3 Å². The molecule has 0 fully saturated rings. The maximum Gasteiger partial charge on any atom is 0.331 e. The van der Waals surface area contributed by atoms with Crippen LogP contribution in [-0.4, -0.2) is 11.9 Å². The molecule has 152 valence electrons. The highest BCUT2D eigenvalue weighted by Crippen LogP contribution is 2.23. The fourth-order valence-corrected chi connectivity index (χ4v) is 2.99. The van der Waals surface area contributed by atoms with E-state index >= 15 is 0 Å². The zero-order valence-corrected chi connectivity index (χ0v) is 17.5. The summed E-state index contributed by atoms with van der Waals surface area (Å²) in [5, 5.41) is 3.49. The Morgan fingerprint density at radius 3 is 2.37 bits per heavy atom. The van der Waals surface area contributed by atoms with Gasteiger partial charge in [-0.05, 0) is 54.8 Å². The first-order valence-electron chi connectivity index (χ1n) is 9.50. The minimum atomic E-state index is -1.08. The lowest BCUT2D eigenvalue weighted by Gasteiger charge is -2.18. The van der Waals surface area contributed by atoms with Gasteiger partial charge in [-0.2, -0.15) is 0 Å². The largest absolute Gasteiger partial charge is 0.444 e. The average molecular weight is 420 g/mol. The van der Waals surface area contributed by atoms with Crippen LogP contribution in [0.3, 0.4) is 0 Å². The fourth-order valence-electron chi connectivity index (χ4n) is 2.86. The molecule has 1 N–H and O–H groups in total. The molecule has 0 spiro atoms. The zero-order chi connectivity index (χ0) is 21.5. The molecule has 0 heterocycles. The Labute approximate surface area is 181 Å². The van der Waals surface area contributed by atoms with Gasteiger partial charge in [0.1, 0.15) is 0 Å². The molecule has 0 aliphatic rings. The van der Waals surface area contributed by atoms with Crippen molar-refractivity contribution in [1.82, 2.24) is 0 Å². The summed E-state index contributed by atoms with van der Waals surface area (Å²) in [6, 6.07) is 21.8. The summed E-state index contributed by atoms with van der Waals surface area (Å²) in [7, 11) is 0. The van der Waals surface area contributed by atoms with Crippen molar-refractivity contribution in [2.24, 2.45) is 0 Å². The van der Waals surface area contributed by atoms with Gasteiger partial charge in [-0.25, -0.2) is 4.79 Å². The predicted molar refractivity (Wildman–Crippen MR) is 120 cm³/mol. The number of halogens is 1. The van der Waals surface area contributed by atoms with Gasteiger partial charge in [-0.3, -0.25) is 4.79 Å². The van der Waals surface area contributed by atoms with Gasteiger partial charge in [-0.15, -0.1) is 0 Å². The molecule has 0 radical (unpaired) electrons. The Morgan fingerprint density at radius 1 is 0.967 bits per heavy atom. The number of benzene rings is 3. The average Bonchev–Trinajstić information content (AvgIpc) is 2.74. The molecule has 0 bridgehead atoms. The van der Waals surface area contributed by atoms with Gasteiger partial charge < -0.3 is 10.1 Å². The summed E-state index contributed by atoms with van der Waals surface area (Å²) >= 11 is 5.87. The molecule has 3 aromatic carbocycles. The summed E-state index contributed by atoms with van der Waals surface area (Å²) < 4.78 is 5.52. The molecule has 3 rings (SSSR count). The van der Waals surface area contributed by atoms with E-state index in [0.29, 0.717) is 16.3 Å². The Morgan fingerprint density at radius 2 is 1.67 bits per heavy atom. The maximum absolute atomic E-state index is 13.0. The molecule has 0 saturated heterocycles. The van der Waals surface area contributed by atoms with E-state index in [1.807, 2.05) is 38.1 Å². The molecule has 0 saturated carbocycles. The second-order valence-corrected chi connectivity index (χ2v) is 7.36. The molecule has 0 unspecified atom stereocenters. The van der Waals surface area contributed by atoms with Gasteiger partial charge in [0.15, 0.2) is 0 Å². The molecule has 1 amide bonds. The monoisotopic (exact) mass is 419 g/mol. The molecule has 3 aromatic rings. The predicted octanol–water partition coefficient (Wildman–Crippen LogP) is 5.89. The van der Waals surface area contributed by atoms with E-state index in [1.165, 1.54) is 6.08 Å². The van der Waals surface area contributed by atoms with Crippen LogP contribution in [0, 0.1) is 13.8 Å². The number of anilines is 1. The first-order valence-corrected chi connectivity index (χ1v) is 9.87. The van der Waals surface area contributed by atoms with Crippen LogP contribution in [0.2, 0.25) is 5.02 Å². The lowest BCUT2D eigenvalue weighted by Crippen LogP contribution is -2.25. The van der Waals surface area contributed by atoms with Crippen LogP contribution in [0.25, 0.3) is 6.08 Å². The molecule has 0 aliphatic heterocycles. The van der Waals surface area contributed by atoms with Crippen molar-refractivity contribution in [3.8, 4) is 0 Å². The number of aryl methyl sites for hydroxylation is 2. The van der Waals surface area contributed by atoms with E-state index in [9.17, 15) is 9.59 Å². The Bertz CT molecular complexity index is 1060. The second kappa shape index (κ2) is 9.90. The molecule has 30 heavy (non-hydrogen) atoms. The van der Waals surface area contributed by atoms with Crippen LogP contribution in [0.1, 0.15) is 28.4 Å². The van der Waals surface area contributed by atoms with Crippen molar-refractivity contribution in [2.45, 2.75) is 20.0 Å². The van der Waals surface area contributed by atoms with E-state index in [2.05, 4.69) is 5.32 Å². The number of carbonyl (C=O) groups excluding carboxylic acids is 2. The van der Waals surface area contributed by atoms with E-state index in [4.69, 9.17) is 16.3 Å². The smallest absolute Gasteiger partial charge is 0.331 e. The van der Waals surface area contributed by atoms with Crippen molar-refractivity contribution in [1.29, 1.82) is 0 Å². The van der Waals surface area contributed by atoms with Gasteiger partial charge in [-0.1, -0.05) is 66.2 Å². The van der Waals surface area contributed by atoms with Gasteiger partial charge in [0.25, 0.3) is 5.91 Å². The Hall–Kier alpha value is -3.37. The van der Waals surface area contributed by atoms with Gasteiger partial charge in [0.05, 0.1) is 0 Å². The van der Waals surface area contributed by atoms with Crippen LogP contribution in [-0.2, 0) is 14.3 Å². The highest BCUT2D eigenvalue weighted by Gasteiger charge is 2.24. The number of amides is 1. The minimum Gasteiger partial charge on any atom is -0.444 e. The zero-order valence-electron chi connectivity index (χ0n) is 16.8. The van der Waals surface area contributed by atoms with Crippen LogP contribution in [0.5, 0.6) is 0 Å². The molecular formula is C25H22ClNO3. The number of ether oxygens (including phenoxy) is 1. The molecular weight excluding hydrogens is 398 g/mol. The van der Waals surface area contributed by atoms with Crippen molar-refractivity contribution in [3.63, 3.8) is 0 Å². The van der Waals surface area contributed by atoms with Gasteiger partial charge >= 0.3 is 5.97 Å². The third-order valence-electron chi connectivity index (χ3n) is 4.51. The molecule has 1 atom stereocenters. The van der Waals surface area contributed by atoms with Crippen LogP contribution in [0.4, 0.5) is 5.69 Å². The number of nitrogens with one attached hydrogen (secondary N) is 1. The molecule has 0 aromatic heterocycles. The number of rotatable bonds is 6. The number of hydrogen-bond donors (Lipinski definition) is 1. The van der Waals surface area contributed by atoms with E-state index in [-0.39, 0.29) is 0 Å². The number of carbonyl (C=O) groups is 2. The van der Waals surface area contributed by atoms with E-state index in [1.54, 1.807) is 54.6 Å². The summed E-state index contributed by atoms with van der Waals surface area (Å²) in [5.74, 6) is -1.03. The molecule has 5 heteroatoms. The van der Waals surface area contributed by atoms with Crippen LogP contribution in [0.15, 0.2) is 78.9 Å². The van der Waals surface area contributed by atoms with E-state index in [0.717, 1.165) is 16.7 Å². The lowest BCUT2D eigenvalue weighted by atomic mass is 10.1. The van der Waals surface area contributed by atoms with Gasteiger partial charge in [0, 0.05) is 22.3 Å². The van der Waals surface area contributed by atoms with Crippen molar-refractivity contribution in [3.05, 3.63) is 106 Å². The van der Waals surface area contributed by atoms with Crippen LogP contribution >= 0.6 is 11.6 Å². The van der Waals surface area contributed by atoms with Crippen molar-refractivity contribution in [2.75, 3.05) is 5.32 Å². The normalized spacial score (nSPS) is 11.8. The quantitative estimate of drug-likeness (QED) is 0.400. The topological polar surface area (TPSA) is 55.4 Å². The van der Waals surface area contributed by atoms with Crippen LogP contribution < -0.4 is 5.32 Å². The fraction of sp³-hybridized carbons (Fsp3) is 0.120. The number of esters is 1.